The maximum absolute atomic E-state index is 11.5. The summed E-state index contributed by atoms with van der Waals surface area (Å²) < 4.78 is 0. The predicted octanol–water partition coefficient (Wildman–Crippen LogP) is 4.08. The van der Waals surface area contributed by atoms with E-state index >= 15 is 0 Å². The molecule has 1 aliphatic rings. The van der Waals surface area contributed by atoms with Crippen LogP contribution in [0, 0.1) is 11.8 Å². The quantitative estimate of drug-likeness (QED) is 0.382. The first-order valence-corrected chi connectivity index (χ1v) is 10.4. The summed E-state index contributed by atoms with van der Waals surface area (Å²) in [6, 6.07) is 0. The molecule has 1 saturated carbocycles. The van der Waals surface area contributed by atoms with Crippen LogP contribution < -0.4 is 0 Å². The Morgan fingerprint density at radius 3 is 2.46 bits per heavy atom. The lowest BCUT2D eigenvalue weighted by atomic mass is 9.90. The lowest BCUT2D eigenvalue weighted by Gasteiger charge is -2.17. The van der Waals surface area contributed by atoms with Crippen LogP contribution >= 0.6 is 0 Å². The van der Waals surface area contributed by atoms with Crippen molar-refractivity contribution >= 4 is 5.91 Å². The second kappa shape index (κ2) is 14.0. The number of nitrogens with zero attached hydrogens (tertiary/aromatic N) is 1. The monoisotopic (exact) mass is 365 g/mol. The lowest BCUT2D eigenvalue weighted by molar-refractivity contribution is -0.128. The van der Waals surface area contributed by atoms with E-state index in [9.17, 15) is 9.90 Å². The molecule has 1 aliphatic carbocycles. The molecule has 4 heteroatoms. The fraction of sp³-hybridized carbons (Fsp3) is 0.773. The average Bonchev–Trinajstić information content (AvgIpc) is 2.96. The Balaban J connectivity index is 2.23. The SMILES string of the molecule is CN(C)C(=O)CCCC=CC[C@H]1[C@H](C=CCCCCCCO)CC[C@@H]1O. The minimum absolute atomic E-state index is 0.186. The standard InChI is InChI=1S/C22H39NO3/c1-23(2)22(26)15-11-7-6-10-14-20-19(16-17-21(20)25)13-9-5-3-4-8-12-18-24/h6,9-10,13,19-21,24-25H,3-5,7-8,11-12,14-18H2,1-2H3/t19-,20+,21+/m1/s1. The van der Waals surface area contributed by atoms with E-state index in [4.69, 9.17) is 5.11 Å². The Bertz CT molecular complexity index is 431. The van der Waals surface area contributed by atoms with Gasteiger partial charge in [0, 0.05) is 27.1 Å². The first-order valence-electron chi connectivity index (χ1n) is 10.4. The minimum Gasteiger partial charge on any atom is -0.396 e. The highest BCUT2D eigenvalue weighted by Crippen LogP contribution is 2.36. The molecule has 0 heterocycles. The van der Waals surface area contributed by atoms with Crippen LogP contribution in [0.15, 0.2) is 24.3 Å². The van der Waals surface area contributed by atoms with Gasteiger partial charge in [0.1, 0.15) is 0 Å². The summed E-state index contributed by atoms with van der Waals surface area (Å²) in [5.74, 6) is 1.01. The second-order valence-corrected chi connectivity index (χ2v) is 7.71. The maximum Gasteiger partial charge on any atom is 0.222 e. The summed E-state index contributed by atoms with van der Waals surface area (Å²) in [4.78, 5) is 13.2. The summed E-state index contributed by atoms with van der Waals surface area (Å²) >= 11 is 0. The Hall–Kier alpha value is -1.13. The number of carbonyl (C=O) groups excluding carboxylic acids is 1. The first kappa shape index (κ1) is 22.9. The van der Waals surface area contributed by atoms with Crippen molar-refractivity contribution in [2.24, 2.45) is 11.8 Å². The van der Waals surface area contributed by atoms with Gasteiger partial charge in [-0.25, -0.2) is 0 Å². The average molecular weight is 366 g/mol. The molecule has 0 bridgehead atoms. The lowest BCUT2D eigenvalue weighted by Crippen LogP contribution is -2.20. The predicted molar refractivity (Wildman–Crippen MR) is 108 cm³/mol. The Kier molecular flexibility index (Phi) is 12.3. The van der Waals surface area contributed by atoms with Crippen molar-refractivity contribution in [3.8, 4) is 0 Å². The molecular formula is C22H39NO3. The molecule has 0 aliphatic heterocycles. The summed E-state index contributed by atoms with van der Waals surface area (Å²) in [7, 11) is 3.59. The highest BCUT2D eigenvalue weighted by molar-refractivity contribution is 5.75. The molecule has 1 rings (SSSR count). The van der Waals surface area contributed by atoms with Crippen LogP contribution in [0.4, 0.5) is 0 Å². The first-order chi connectivity index (χ1) is 12.6. The van der Waals surface area contributed by atoms with E-state index in [1.165, 1.54) is 12.8 Å². The number of hydrogen-bond donors (Lipinski definition) is 2. The fourth-order valence-electron chi connectivity index (χ4n) is 3.61. The molecule has 26 heavy (non-hydrogen) atoms. The Labute approximate surface area is 160 Å². The molecule has 0 aromatic carbocycles. The van der Waals surface area contributed by atoms with Crippen molar-refractivity contribution < 1.29 is 15.0 Å². The molecule has 2 N–H and O–H groups in total. The highest BCUT2D eigenvalue weighted by Gasteiger charge is 2.32. The largest absolute Gasteiger partial charge is 0.396 e. The highest BCUT2D eigenvalue weighted by atomic mass is 16.3. The van der Waals surface area contributed by atoms with Crippen LogP contribution in [-0.4, -0.2) is 47.8 Å². The molecule has 3 atom stereocenters. The van der Waals surface area contributed by atoms with Crippen molar-refractivity contribution in [2.45, 2.75) is 76.7 Å². The zero-order valence-electron chi connectivity index (χ0n) is 16.8. The van der Waals surface area contributed by atoms with E-state index < -0.39 is 0 Å². The molecular weight excluding hydrogens is 326 g/mol. The third-order valence-corrected chi connectivity index (χ3v) is 5.34. The molecule has 0 unspecified atom stereocenters. The van der Waals surface area contributed by atoms with Crippen LogP contribution in [0.25, 0.3) is 0 Å². The molecule has 1 amide bonds. The van der Waals surface area contributed by atoms with Crippen molar-refractivity contribution in [3.05, 3.63) is 24.3 Å². The number of aliphatic hydroxyl groups is 2. The number of allylic oxidation sites excluding steroid dienone is 4. The minimum atomic E-state index is -0.186. The van der Waals surface area contributed by atoms with Gasteiger partial charge >= 0.3 is 0 Å². The van der Waals surface area contributed by atoms with Crippen LogP contribution in [0.1, 0.15) is 70.6 Å². The molecule has 0 aromatic rings. The van der Waals surface area contributed by atoms with E-state index in [1.54, 1.807) is 19.0 Å². The van der Waals surface area contributed by atoms with Gasteiger partial charge in [-0.15, -0.1) is 0 Å². The van der Waals surface area contributed by atoms with E-state index in [1.807, 2.05) is 0 Å². The van der Waals surface area contributed by atoms with Gasteiger partial charge in [-0.05, 0) is 63.2 Å². The Morgan fingerprint density at radius 1 is 1.00 bits per heavy atom. The maximum atomic E-state index is 11.5. The topological polar surface area (TPSA) is 60.8 Å². The number of amides is 1. The Morgan fingerprint density at radius 2 is 1.73 bits per heavy atom. The number of rotatable bonds is 13. The molecule has 0 saturated heterocycles. The fourth-order valence-corrected chi connectivity index (χ4v) is 3.61. The van der Waals surface area contributed by atoms with Gasteiger partial charge < -0.3 is 15.1 Å². The van der Waals surface area contributed by atoms with Crippen LogP contribution in [0.5, 0.6) is 0 Å². The third kappa shape index (κ3) is 9.54. The zero-order chi connectivity index (χ0) is 19.2. The van der Waals surface area contributed by atoms with Crippen molar-refractivity contribution in [2.75, 3.05) is 20.7 Å². The van der Waals surface area contributed by atoms with Crippen molar-refractivity contribution in [1.29, 1.82) is 0 Å². The van der Waals surface area contributed by atoms with E-state index in [-0.39, 0.29) is 12.0 Å². The zero-order valence-corrected chi connectivity index (χ0v) is 16.8. The summed E-state index contributed by atoms with van der Waals surface area (Å²) in [6.45, 7) is 0.303. The van der Waals surface area contributed by atoms with Gasteiger partial charge in [0.15, 0.2) is 0 Å². The molecule has 0 aromatic heterocycles. The number of hydrogen-bond acceptors (Lipinski definition) is 3. The van der Waals surface area contributed by atoms with Crippen molar-refractivity contribution in [1.82, 2.24) is 4.90 Å². The molecule has 1 fully saturated rings. The van der Waals surface area contributed by atoms with Gasteiger partial charge in [-0.1, -0.05) is 37.1 Å². The smallest absolute Gasteiger partial charge is 0.222 e. The van der Waals surface area contributed by atoms with Crippen molar-refractivity contribution in [3.63, 3.8) is 0 Å². The van der Waals surface area contributed by atoms with Crippen LogP contribution in [0.2, 0.25) is 0 Å². The van der Waals surface area contributed by atoms with Gasteiger partial charge in [0.2, 0.25) is 5.91 Å². The summed E-state index contributed by atoms with van der Waals surface area (Å²) in [5, 5.41) is 19.0. The van der Waals surface area contributed by atoms with Gasteiger partial charge in [-0.3, -0.25) is 4.79 Å². The number of aliphatic hydroxyl groups excluding tert-OH is 2. The molecule has 150 valence electrons. The molecule has 0 spiro atoms. The normalized spacial score (nSPS) is 23.3. The van der Waals surface area contributed by atoms with Gasteiger partial charge in [0.25, 0.3) is 0 Å². The summed E-state index contributed by atoms with van der Waals surface area (Å²) in [5.41, 5.74) is 0. The van der Waals surface area contributed by atoms with Crippen LogP contribution in [0.3, 0.4) is 0 Å². The summed E-state index contributed by atoms with van der Waals surface area (Å²) in [6.07, 6.45) is 19.6. The molecule has 0 radical (unpaired) electrons. The van der Waals surface area contributed by atoms with E-state index in [0.717, 1.165) is 51.4 Å². The van der Waals surface area contributed by atoms with Crippen LogP contribution in [-0.2, 0) is 4.79 Å². The van der Waals surface area contributed by atoms with E-state index in [2.05, 4.69) is 24.3 Å². The number of carbonyl (C=O) groups is 1. The van der Waals surface area contributed by atoms with Gasteiger partial charge in [-0.2, -0.15) is 0 Å². The number of unbranched alkanes of at least 4 members (excludes halogenated alkanes) is 5. The third-order valence-electron chi connectivity index (χ3n) is 5.34. The van der Waals surface area contributed by atoms with Gasteiger partial charge in [0.05, 0.1) is 6.10 Å². The second-order valence-electron chi connectivity index (χ2n) is 7.71. The van der Waals surface area contributed by atoms with E-state index in [0.29, 0.717) is 24.9 Å². The molecule has 4 nitrogen and oxygen atoms in total.